The van der Waals surface area contributed by atoms with Crippen LogP contribution in [0.5, 0.6) is 0 Å². The molecule has 1 heterocycles. The Hall–Kier alpha value is -2.95. The van der Waals surface area contributed by atoms with Gasteiger partial charge in [-0.3, -0.25) is 14.4 Å². The van der Waals surface area contributed by atoms with E-state index in [2.05, 4.69) is 0 Å². The molecular weight excluding hydrogens is 440 g/mol. The van der Waals surface area contributed by atoms with Gasteiger partial charge >= 0.3 is 29.8 Å². The Morgan fingerprint density at radius 2 is 1.33 bits per heavy atom. The van der Waals surface area contributed by atoms with Gasteiger partial charge in [-0.2, -0.15) is 0 Å². The number of hydrogen-bond acceptors (Lipinski definition) is 10. The summed E-state index contributed by atoms with van der Waals surface area (Å²) in [6.07, 6.45) is -1.22. The second-order valence-electron chi connectivity index (χ2n) is 7.36. The van der Waals surface area contributed by atoms with Crippen LogP contribution in [0.3, 0.4) is 0 Å². The molecule has 1 N–H and O–H groups in total. The summed E-state index contributed by atoms with van der Waals surface area (Å²) >= 11 is 0. The Bertz CT molecular complexity index is 715. The molecule has 0 aromatic heterocycles. The molecule has 11 heteroatoms. The van der Waals surface area contributed by atoms with Crippen LogP contribution in [0.15, 0.2) is 12.2 Å². The summed E-state index contributed by atoms with van der Waals surface area (Å²) in [5.74, 6) is -3.96. The molecule has 1 fully saturated rings. The zero-order valence-corrected chi connectivity index (χ0v) is 19.2. The Balaban J connectivity index is 3.10. The number of carbonyl (C=O) groups is 5. The maximum absolute atomic E-state index is 12.3. The minimum atomic E-state index is -1.33. The fourth-order valence-corrected chi connectivity index (χ4v) is 2.97. The number of carboxylic acids is 1. The molecule has 0 aromatic rings. The first-order chi connectivity index (χ1) is 15.7. The lowest BCUT2D eigenvalue weighted by atomic mass is 9.99. The number of carboxylic acid groups (broad SMARTS) is 1. The van der Waals surface area contributed by atoms with Crippen LogP contribution in [-0.4, -0.2) is 72.6 Å². The van der Waals surface area contributed by atoms with Gasteiger partial charge in [-0.05, 0) is 19.3 Å². The van der Waals surface area contributed by atoms with Crippen molar-refractivity contribution in [1.29, 1.82) is 0 Å². The van der Waals surface area contributed by atoms with Gasteiger partial charge in [0.15, 0.2) is 18.3 Å². The molecule has 1 aliphatic rings. The van der Waals surface area contributed by atoms with Crippen LogP contribution in [-0.2, 0) is 47.7 Å². The quantitative estimate of drug-likeness (QED) is 0.237. The van der Waals surface area contributed by atoms with Gasteiger partial charge in [-0.1, -0.05) is 20.8 Å². The molecule has 0 radical (unpaired) electrons. The Morgan fingerprint density at radius 1 is 0.818 bits per heavy atom. The van der Waals surface area contributed by atoms with Gasteiger partial charge in [0.2, 0.25) is 0 Å². The number of hydrogen-bond donors (Lipinski definition) is 1. The summed E-state index contributed by atoms with van der Waals surface area (Å²) in [6.45, 7) is 4.77. The van der Waals surface area contributed by atoms with E-state index in [1.807, 2.05) is 0 Å². The van der Waals surface area contributed by atoms with Crippen molar-refractivity contribution in [3.63, 3.8) is 0 Å². The van der Waals surface area contributed by atoms with Crippen molar-refractivity contribution >= 4 is 29.8 Å². The van der Waals surface area contributed by atoms with Crippen LogP contribution in [0.1, 0.15) is 59.3 Å². The first kappa shape index (κ1) is 28.1. The SMILES string of the molecule is CCCC(=O)O[C@@H]1[C@H](OC(=O)CCC)[C@@H](COC(=O)/C=C/C(=O)O)OC[C@@H]1OC(=O)CCC. The molecule has 0 aromatic carbocycles. The highest BCUT2D eigenvalue weighted by atomic mass is 16.7. The Morgan fingerprint density at radius 3 is 1.85 bits per heavy atom. The van der Waals surface area contributed by atoms with Crippen molar-refractivity contribution in [2.24, 2.45) is 0 Å². The smallest absolute Gasteiger partial charge is 0.331 e. The number of ether oxygens (including phenoxy) is 5. The summed E-state index contributed by atoms with van der Waals surface area (Å²) < 4.78 is 27.1. The van der Waals surface area contributed by atoms with E-state index in [1.165, 1.54) is 0 Å². The first-order valence-electron chi connectivity index (χ1n) is 11.0. The second-order valence-corrected chi connectivity index (χ2v) is 7.36. The first-order valence-corrected chi connectivity index (χ1v) is 11.0. The van der Waals surface area contributed by atoms with Crippen molar-refractivity contribution in [2.45, 2.75) is 83.7 Å². The van der Waals surface area contributed by atoms with Gasteiger partial charge in [0, 0.05) is 31.4 Å². The highest BCUT2D eigenvalue weighted by molar-refractivity contribution is 5.90. The Labute approximate surface area is 192 Å². The highest BCUT2D eigenvalue weighted by Gasteiger charge is 2.47. The summed E-state index contributed by atoms with van der Waals surface area (Å²) in [7, 11) is 0. The van der Waals surface area contributed by atoms with Crippen LogP contribution in [0.25, 0.3) is 0 Å². The molecule has 4 atom stereocenters. The molecule has 1 saturated heterocycles. The van der Waals surface area contributed by atoms with Crippen molar-refractivity contribution in [2.75, 3.05) is 13.2 Å². The molecule has 1 aliphatic heterocycles. The second kappa shape index (κ2) is 15.0. The largest absolute Gasteiger partial charge is 0.478 e. The van der Waals surface area contributed by atoms with Gasteiger partial charge in [0.25, 0.3) is 0 Å². The number of esters is 4. The minimum absolute atomic E-state index is 0.0836. The lowest BCUT2D eigenvalue weighted by molar-refractivity contribution is -0.233. The number of carbonyl (C=O) groups excluding carboxylic acids is 4. The molecule has 186 valence electrons. The van der Waals surface area contributed by atoms with Crippen molar-refractivity contribution in [3.8, 4) is 0 Å². The van der Waals surface area contributed by atoms with E-state index in [0.29, 0.717) is 25.3 Å². The fraction of sp³-hybridized carbons (Fsp3) is 0.682. The average Bonchev–Trinajstić information content (AvgIpc) is 2.74. The molecule has 0 aliphatic carbocycles. The molecular formula is C22H32O11. The lowest BCUT2D eigenvalue weighted by Gasteiger charge is -2.40. The monoisotopic (exact) mass is 472 g/mol. The van der Waals surface area contributed by atoms with E-state index in [-0.39, 0.29) is 25.9 Å². The molecule has 0 amide bonds. The van der Waals surface area contributed by atoms with E-state index in [4.69, 9.17) is 28.8 Å². The van der Waals surface area contributed by atoms with Gasteiger partial charge in [-0.15, -0.1) is 0 Å². The molecule has 0 unspecified atom stereocenters. The summed E-state index contributed by atoms with van der Waals surface area (Å²) in [4.78, 5) is 58.9. The zero-order valence-electron chi connectivity index (χ0n) is 19.2. The van der Waals surface area contributed by atoms with Crippen LogP contribution in [0, 0.1) is 0 Å². The molecule has 0 spiro atoms. The predicted molar refractivity (Wildman–Crippen MR) is 112 cm³/mol. The normalized spacial score (nSPS) is 22.4. The minimum Gasteiger partial charge on any atom is -0.478 e. The summed E-state index contributed by atoms with van der Waals surface area (Å²) in [5, 5.41) is 8.61. The van der Waals surface area contributed by atoms with Gasteiger partial charge in [0.1, 0.15) is 12.7 Å². The third kappa shape index (κ3) is 10.5. The molecule has 11 nitrogen and oxygen atoms in total. The van der Waals surface area contributed by atoms with Crippen LogP contribution in [0.2, 0.25) is 0 Å². The predicted octanol–water partition coefficient (Wildman–Crippen LogP) is 1.70. The van der Waals surface area contributed by atoms with E-state index >= 15 is 0 Å². The third-order valence-electron chi connectivity index (χ3n) is 4.46. The maximum atomic E-state index is 12.3. The Kier molecular flexibility index (Phi) is 12.8. The van der Waals surface area contributed by atoms with Crippen molar-refractivity contribution in [1.82, 2.24) is 0 Å². The van der Waals surface area contributed by atoms with E-state index in [1.54, 1.807) is 20.8 Å². The maximum Gasteiger partial charge on any atom is 0.331 e. The number of aliphatic carboxylic acids is 1. The van der Waals surface area contributed by atoms with E-state index in [9.17, 15) is 24.0 Å². The van der Waals surface area contributed by atoms with Crippen LogP contribution in [0.4, 0.5) is 0 Å². The van der Waals surface area contributed by atoms with Crippen LogP contribution < -0.4 is 0 Å². The highest BCUT2D eigenvalue weighted by Crippen LogP contribution is 2.26. The third-order valence-corrected chi connectivity index (χ3v) is 4.46. The average molecular weight is 472 g/mol. The van der Waals surface area contributed by atoms with Crippen LogP contribution >= 0.6 is 0 Å². The van der Waals surface area contributed by atoms with Gasteiger partial charge in [0.05, 0.1) is 6.61 Å². The lowest BCUT2D eigenvalue weighted by Crippen LogP contribution is -2.58. The molecule has 0 bridgehead atoms. The van der Waals surface area contributed by atoms with Gasteiger partial charge in [-0.25, -0.2) is 9.59 Å². The molecule has 33 heavy (non-hydrogen) atoms. The van der Waals surface area contributed by atoms with E-state index in [0.717, 1.165) is 6.08 Å². The molecule has 1 rings (SSSR count). The topological polar surface area (TPSA) is 152 Å². The van der Waals surface area contributed by atoms with Gasteiger partial charge < -0.3 is 28.8 Å². The van der Waals surface area contributed by atoms with Crippen molar-refractivity contribution in [3.05, 3.63) is 12.2 Å². The fourth-order valence-electron chi connectivity index (χ4n) is 2.97. The summed E-state index contributed by atoms with van der Waals surface area (Å²) in [5.41, 5.74) is 0. The summed E-state index contributed by atoms with van der Waals surface area (Å²) in [6, 6.07) is 0. The standard InChI is InChI=1S/C22H32O11/c1-4-7-18(26)31-15-13-29-14(12-30-17(25)11-10-16(23)24)21(32-19(27)8-5-2)22(15)33-20(28)9-6-3/h10-11,14-15,21-22H,4-9,12-13H2,1-3H3,(H,23,24)/b11-10+/t14-,15+,21-,22+/m1/s1. The van der Waals surface area contributed by atoms with Crippen molar-refractivity contribution < 1.29 is 52.8 Å². The zero-order chi connectivity index (χ0) is 24.8. The van der Waals surface area contributed by atoms with E-state index < -0.39 is 60.9 Å². The number of rotatable bonds is 13. The molecule has 0 saturated carbocycles.